The number of halogens is 6. The highest BCUT2D eigenvalue weighted by molar-refractivity contribution is 7.87. The van der Waals surface area contributed by atoms with Gasteiger partial charge in [0.2, 0.25) is 0 Å². The molecule has 0 spiro atoms. The molecule has 0 aliphatic carbocycles. The maximum absolute atomic E-state index is 13.1. The second-order valence-electron chi connectivity index (χ2n) is 6.27. The van der Waals surface area contributed by atoms with E-state index in [0.29, 0.717) is 6.07 Å². The van der Waals surface area contributed by atoms with Gasteiger partial charge in [-0.25, -0.2) is 0 Å². The Labute approximate surface area is 165 Å². The molecule has 0 atom stereocenters. The molecule has 0 saturated heterocycles. The van der Waals surface area contributed by atoms with Crippen molar-refractivity contribution >= 4 is 32.1 Å². The van der Waals surface area contributed by atoms with Crippen LogP contribution in [0.1, 0.15) is 24.0 Å². The van der Waals surface area contributed by atoms with Crippen LogP contribution in [0.5, 0.6) is 5.75 Å². The Morgan fingerprint density at radius 1 is 1.07 bits per heavy atom. The highest BCUT2D eigenvalue weighted by Gasteiger charge is 2.36. The molecule has 0 aliphatic rings. The Kier molecular flexibility index (Phi) is 5.36. The third-order valence-electron chi connectivity index (χ3n) is 4.12. The minimum atomic E-state index is -4.82. The zero-order valence-electron chi connectivity index (χ0n) is 14.8. The summed E-state index contributed by atoms with van der Waals surface area (Å²) >= 11 is 0. The van der Waals surface area contributed by atoms with Crippen molar-refractivity contribution in [3.05, 3.63) is 41.5 Å². The van der Waals surface area contributed by atoms with E-state index in [1.54, 1.807) is 0 Å². The first kappa shape index (κ1) is 21.8. The number of hydrogen-bond acceptors (Lipinski definition) is 5. The molecule has 0 unspecified atom stereocenters. The first-order chi connectivity index (χ1) is 13.8. The van der Waals surface area contributed by atoms with Crippen LogP contribution in [0, 0.1) is 11.3 Å². The normalized spacial score (nSPS) is 13.0. The van der Waals surface area contributed by atoms with Gasteiger partial charge in [0.25, 0.3) is 0 Å². The van der Waals surface area contributed by atoms with Crippen molar-refractivity contribution in [1.82, 2.24) is 0 Å². The monoisotopic (exact) mass is 451 g/mol. The van der Waals surface area contributed by atoms with Crippen LogP contribution < -0.4 is 4.18 Å². The highest BCUT2D eigenvalue weighted by Crippen LogP contribution is 2.41. The van der Waals surface area contributed by atoms with Crippen LogP contribution in [-0.2, 0) is 16.3 Å². The maximum Gasteiger partial charge on any atom is 0.417 e. The summed E-state index contributed by atoms with van der Waals surface area (Å²) in [7, 11) is -4.43. The van der Waals surface area contributed by atoms with Gasteiger partial charge in [0.15, 0.2) is 11.3 Å². The van der Waals surface area contributed by atoms with Crippen molar-refractivity contribution in [3.8, 4) is 11.8 Å². The zero-order chi connectivity index (χ0) is 22.3. The molecule has 0 bridgehead atoms. The van der Waals surface area contributed by atoms with Gasteiger partial charge in [0, 0.05) is 11.8 Å². The molecule has 0 saturated carbocycles. The van der Waals surface area contributed by atoms with Gasteiger partial charge >= 0.3 is 22.5 Å². The Bertz CT molecular complexity index is 1250. The smallest absolute Gasteiger partial charge is 0.417 e. The van der Waals surface area contributed by atoms with E-state index in [1.807, 2.05) is 0 Å². The van der Waals surface area contributed by atoms with Crippen LogP contribution in [0.2, 0.25) is 0 Å². The topological polar surface area (TPSA) is 80.3 Å². The third kappa shape index (κ3) is 4.46. The van der Waals surface area contributed by atoms with Crippen molar-refractivity contribution in [1.29, 1.82) is 5.26 Å². The molecule has 0 fully saturated rings. The maximum atomic E-state index is 13.1. The summed E-state index contributed by atoms with van der Waals surface area (Å²) in [4.78, 5) is 0. The molecule has 5 nitrogen and oxygen atoms in total. The van der Waals surface area contributed by atoms with E-state index in [0.717, 1.165) is 6.07 Å². The Morgan fingerprint density at radius 3 is 2.37 bits per heavy atom. The minimum absolute atomic E-state index is 0.00404. The summed E-state index contributed by atoms with van der Waals surface area (Å²) in [6, 6.07) is 6.90. The van der Waals surface area contributed by atoms with Crippen molar-refractivity contribution < 1.29 is 43.4 Å². The van der Waals surface area contributed by atoms with Crippen LogP contribution in [0.4, 0.5) is 26.3 Å². The number of nitriles is 1. The first-order valence-electron chi connectivity index (χ1n) is 8.27. The third-order valence-corrected chi connectivity index (χ3v) is 5.34. The standard InChI is InChI=1S/C18H11F6NO4S/c19-17(20,21)7-2-8-30(26,27)29-14-4-1-3-13-15(14)10-5-6-12(18(22,23)24)11(9-25)16(10)28-13/h1,3-6H,2,7-8H2. The fourth-order valence-corrected chi connectivity index (χ4v) is 3.90. The van der Waals surface area contributed by atoms with Gasteiger partial charge < -0.3 is 8.60 Å². The summed E-state index contributed by atoms with van der Waals surface area (Å²) in [5.41, 5.74) is -2.47. The first-order valence-corrected chi connectivity index (χ1v) is 9.84. The largest absolute Gasteiger partial charge is 0.454 e. The van der Waals surface area contributed by atoms with Crippen molar-refractivity contribution in [2.75, 3.05) is 5.75 Å². The lowest BCUT2D eigenvalue weighted by atomic mass is 10.0. The van der Waals surface area contributed by atoms with Crippen LogP contribution in [-0.4, -0.2) is 20.3 Å². The summed E-state index contributed by atoms with van der Waals surface area (Å²) < 4.78 is 111. The van der Waals surface area contributed by atoms with Gasteiger partial charge in [-0.1, -0.05) is 6.07 Å². The molecule has 0 N–H and O–H groups in total. The van der Waals surface area contributed by atoms with E-state index in [4.69, 9.17) is 8.60 Å². The van der Waals surface area contributed by atoms with Crippen LogP contribution in [0.25, 0.3) is 21.9 Å². The molecular formula is C18H11F6NO4S. The number of rotatable bonds is 5. The van der Waals surface area contributed by atoms with Crippen molar-refractivity contribution in [2.45, 2.75) is 25.2 Å². The number of benzene rings is 2. The molecule has 2 aromatic carbocycles. The molecule has 3 aromatic rings. The Morgan fingerprint density at radius 2 is 1.77 bits per heavy atom. The van der Waals surface area contributed by atoms with Gasteiger partial charge in [0.1, 0.15) is 17.2 Å². The number of fused-ring (bicyclic) bond motifs is 3. The molecule has 3 rings (SSSR count). The molecule has 12 heteroatoms. The van der Waals surface area contributed by atoms with E-state index in [9.17, 15) is 40.0 Å². The Hall–Kier alpha value is -2.94. The Balaban J connectivity index is 2.06. The number of hydrogen-bond donors (Lipinski definition) is 0. The highest BCUT2D eigenvalue weighted by atomic mass is 32.2. The molecular weight excluding hydrogens is 440 g/mol. The molecule has 1 heterocycles. The van der Waals surface area contributed by atoms with Crippen molar-refractivity contribution in [3.63, 3.8) is 0 Å². The van der Waals surface area contributed by atoms with Gasteiger partial charge in [-0.15, -0.1) is 0 Å². The number of nitrogens with zero attached hydrogens (tertiary/aromatic N) is 1. The van der Waals surface area contributed by atoms with Gasteiger partial charge in [-0.2, -0.15) is 40.0 Å². The predicted octanol–water partition coefficient (Wildman–Crippen LogP) is 5.53. The predicted molar refractivity (Wildman–Crippen MR) is 93.1 cm³/mol. The van der Waals surface area contributed by atoms with Gasteiger partial charge in [0.05, 0.1) is 16.7 Å². The van der Waals surface area contributed by atoms with E-state index in [-0.39, 0.29) is 22.1 Å². The minimum Gasteiger partial charge on any atom is -0.454 e. The summed E-state index contributed by atoms with van der Waals surface area (Å²) in [5, 5.41) is 9.17. The second kappa shape index (κ2) is 7.39. The van der Waals surface area contributed by atoms with Crippen LogP contribution in [0.3, 0.4) is 0 Å². The second-order valence-corrected chi connectivity index (χ2v) is 7.96. The number of furan rings is 1. The molecule has 0 radical (unpaired) electrons. The lowest BCUT2D eigenvalue weighted by molar-refractivity contribution is -0.137. The molecule has 0 amide bonds. The lowest BCUT2D eigenvalue weighted by Crippen LogP contribution is -2.16. The van der Waals surface area contributed by atoms with Gasteiger partial charge in [-0.05, 0) is 30.7 Å². The lowest BCUT2D eigenvalue weighted by Gasteiger charge is -2.10. The van der Waals surface area contributed by atoms with E-state index >= 15 is 0 Å². The SMILES string of the molecule is N#Cc1c(C(F)(F)F)ccc2c1oc1cccc(OS(=O)(=O)CCCC(F)(F)F)c12. The summed E-state index contributed by atoms with van der Waals surface area (Å²) in [5.74, 6) is -1.25. The zero-order valence-corrected chi connectivity index (χ0v) is 15.6. The van der Waals surface area contributed by atoms with E-state index < -0.39 is 57.8 Å². The fraction of sp³-hybridized carbons (Fsp3) is 0.278. The molecule has 30 heavy (non-hydrogen) atoms. The molecule has 160 valence electrons. The van der Waals surface area contributed by atoms with Crippen LogP contribution in [0.15, 0.2) is 34.7 Å². The molecule has 1 aromatic heterocycles. The molecule has 0 aliphatic heterocycles. The average Bonchev–Trinajstić information content (AvgIpc) is 2.98. The van der Waals surface area contributed by atoms with Crippen LogP contribution >= 0.6 is 0 Å². The quantitative estimate of drug-likeness (QED) is 0.377. The summed E-state index contributed by atoms with van der Waals surface area (Å²) in [6.45, 7) is 0. The number of alkyl halides is 6. The fourth-order valence-electron chi connectivity index (χ4n) is 2.90. The van der Waals surface area contributed by atoms with Gasteiger partial charge in [-0.3, -0.25) is 0 Å². The van der Waals surface area contributed by atoms with Crippen molar-refractivity contribution in [2.24, 2.45) is 0 Å². The van der Waals surface area contributed by atoms with E-state index in [2.05, 4.69) is 0 Å². The van der Waals surface area contributed by atoms with E-state index in [1.165, 1.54) is 24.3 Å². The summed E-state index contributed by atoms with van der Waals surface area (Å²) in [6.07, 6.45) is -11.4. The average molecular weight is 451 g/mol.